The van der Waals surface area contributed by atoms with Crippen LogP contribution in [0.5, 0.6) is 11.5 Å². The van der Waals surface area contributed by atoms with Crippen molar-refractivity contribution in [2.24, 2.45) is 5.92 Å². The molecule has 46 heavy (non-hydrogen) atoms. The summed E-state index contributed by atoms with van der Waals surface area (Å²) in [7, 11) is 0. The van der Waals surface area contributed by atoms with E-state index in [1.165, 1.54) is 12.1 Å². The van der Waals surface area contributed by atoms with E-state index in [4.69, 9.17) is 9.47 Å². The van der Waals surface area contributed by atoms with E-state index in [2.05, 4.69) is 9.47 Å². The van der Waals surface area contributed by atoms with Gasteiger partial charge in [-0.1, -0.05) is 43.3 Å². The van der Waals surface area contributed by atoms with Crippen LogP contribution in [-0.4, -0.2) is 13.2 Å². The first-order valence-corrected chi connectivity index (χ1v) is 13.7. The van der Waals surface area contributed by atoms with E-state index in [1.54, 1.807) is 24.3 Å². The molecule has 4 aromatic rings. The van der Waals surface area contributed by atoms with Gasteiger partial charge in [0.05, 0.1) is 13.2 Å². The van der Waals surface area contributed by atoms with Crippen LogP contribution < -0.4 is 9.47 Å². The highest BCUT2D eigenvalue weighted by atomic mass is 19.3. The molecule has 13 heteroatoms. The van der Waals surface area contributed by atoms with E-state index in [-0.39, 0.29) is 24.0 Å². The Morgan fingerprint density at radius 1 is 0.761 bits per heavy atom. The van der Waals surface area contributed by atoms with Crippen LogP contribution in [-0.2, 0) is 15.6 Å². The average molecular weight is 655 g/mol. The van der Waals surface area contributed by atoms with Crippen molar-refractivity contribution in [1.82, 2.24) is 0 Å². The highest BCUT2D eigenvalue weighted by Gasteiger charge is 2.41. The minimum atomic E-state index is -4.82. The van der Waals surface area contributed by atoms with Crippen LogP contribution in [0.3, 0.4) is 0 Å². The summed E-state index contributed by atoms with van der Waals surface area (Å²) in [6, 6.07) is 12.0. The van der Waals surface area contributed by atoms with Crippen LogP contribution in [0.4, 0.5) is 39.5 Å². The van der Waals surface area contributed by atoms with Gasteiger partial charge >= 0.3 is 12.2 Å². The van der Waals surface area contributed by atoms with E-state index >= 15 is 4.39 Å². The quantitative estimate of drug-likeness (QED) is 0.133. The maximum Gasteiger partial charge on any atom is 0.432 e. The van der Waals surface area contributed by atoms with Crippen LogP contribution in [0.1, 0.15) is 30.8 Å². The Balaban J connectivity index is 1.34. The van der Waals surface area contributed by atoms with Crippen LogP contribution in [0.25, 0.3) is 22.3 Å². The number of rotatable bonds is 9. The van der Waals surface area contributed by atoms with Gasteiger partial charge in [0.25, 0.3) is 0 Å². The molecule has 4 nitrogen and oxygen atoms in total. The molecule has 0 spiro atoms. The minimum absolute atomic E-state index is 0.143. The number of halogens is 9. The van der Waals surface area contributed by atoms with Gasteiger partial charge in [-0.3, -0.25) is 0 Å². The fourth-order valence-corrected chi connectivity index (χ4v) is 4.75. The van der Waals surface area contributed by atoms with Crippen molar-refractivity contribution in [3.05, 3.63) is 119 Å². The second-order valence-electron chi connectivity index (χ2n) is 10.3. The fraction of sp³-hybridized carbons (Fsp3) is 0.212. The summed E-state index contributed by atoms with van der Waals surface area (Å²) in [6.07, 6.45) is -7.14. The Labute approximate surface area is 256 Å². The van der Waals surface area contributed by atoms with Crippen molar-refractivity contribution in [2.45, 2.75) is 25.7 Å². The molecule has 0 atom stereocenters. The summed E-state index contributed by atoms with van der Waals surface area (Å²) >= 11 is 0. The molecule has 0 unspecified atom stereocenters. The predicted molar refractivity (Wildman–Crippen MR) is 147 cm³/mol. The molecule has 1 aliphatic heterocycles. The summed E-state index contributed by atoms with van der Waals surface area (Å²) < 4.78 is 147. The standard InChI is InChI=1S/C33H23F9O4/c1-2-17-14-44-32(45-15-17)19-5-3-18(4-6-19)20-7-8-23(24(34)9-20)21-10-25(35)30(26(36)11-21)33(41,42)46-22-12-27(37)31(28(38)13-22)43-16-29(39)40/h3-13,16-17,32H,2,14-15H2,1H3. The number of ether oxygens (including phenoxy) is 4. The van der Waals surface area contributed by atoms with Crippen LogP contribution >= 0.6 is 0 Å². The third-order valence-corrected chi connectivity index (χ3v) is 7.16. The number of benzene rings is 4. The molecule has 0 radical (unpaired) electrons. The second kappa shape index (κ2) is 13.5. The van der Waals surface area contributed by atoms with Gasteiger partial charge in [0, 0.05) is 29.2 Å². The Kier molecular flexibility index (Phi) is 9.63. The van der Waals surface area contributed by atoms with E-state index in [0.717, 1.165) is 18.1 Å². The van der Waals surface area contributed by atoms with Crippen LogP contribution in [0.15, 0.2) is 79.1 Å². The molecular formula is C33H23F9O4. The van der Waals surface area contributed by atoms with Crippen LogP contribution in [0.2, 0.25) is 0 Å². The highest BCUT2D eigenvalue weighted by molar-refractivity contribution is 5.71. The molecule has 0 amide bonds. The zero-order valence-corrected chi connectivity index (χ0v) is 23.7. The van der Waals surface area contributed by atoms with Crippen molar-refractivity contribution in [1.29, 1.82) is 0 Å². The summed E-state index contributed by atoms with van der Waals surface area (Å²) in [5, 5.41) is 0. The lowest BCUT2D eigenvalue weighted by atomic mass is 9.97. The molecule has 5 rings (SSSR count). The summed E-state index contributed by atoms with van der Waals surface area (Å²) in [4.78, 5) is 0. The van der Waals surface area contributed by atoms with E-state index in [0.29, 0.717) is 42.4 Å². The molecule has 1 aliphatic rings. The lowest BCUT2D eigenvalue weighted by Crippen LogP contribution is -2.26. The number of alkyl halides is 2. The molecule has 242 valence electrons. The fourth-order valence-electron chi connectivity index (χ4n) is 4.75. The SMILES string of the molecule is CCC1COC(c2ccc(-c3ccc(-c4cc(F)c(C(F)(F)Oc5cc(F)c(OC=C(F)F)c(F)c5)c(F)c4)c(F)c3)cc2)OC1. The zero-order valence-electron chi connectivity index (χ0n) is 23.7. The molecule has 0 saturated carbocycles. The third kappa shape index (κ3) is 7.15. The molecule has 0 aliphatic carbocycles. The van der Waals surface area contributed by atoms with Gasteiger partial charge in [0.1, 0.15) is 28.8 Å². The van der Waals surface area contributed by atoms with Crippen LogP contribution in [0, 0.1) is 35.0 Å². The predicted octanol–water partition coefficient (Wildman–Crippen LogP) is 10.0. The average Bonchev–Trinajstić information content (AvgIpc) is 3.00. The molecular weight excluding hydrogens is 631 g/mol. The third-order valence-electron chi connectivity index (χ3n) is 7.16. The summed E-state index contributed by atoms with van der Waals surface area (Å²) in [5.41, 5.74) is -0.845. The smallest absolute Gasteiger partial charge is 0.432 e. The molecule has 1 fully saturated rings. The number of hydrogen-bond acceptors (Lipinski definition) is 4. The molecule has 0 bridgehead atoms. The van der Waals surface area contributed by atoms with Crippen molar-refractivity contribution in [2.75, 3.05) is 13.2 Å². The lowest BCUT2D eigenvalue weighted by molar-refractivity contribution is -0.205. The zero-order chi connectivity index (χ0) is 33.2. The van der Waals surface area contributed by atoms with E-state index in [1.807, 2.05) is 6.92 Å². The van der Waals surface area contributed by atoms with Crippen molar-refractivity contribution in [3.63, 3.8) is 0 Å². The monoisotopic (exact) mass is 654 g/mol. The maximum atomic E-state index is 15.2. The van der Waals surface area contributed by atoms with Gasteiger partial charge < -0.3 is 18.9 Å². The van der Waals surface area contributed by atoms with Gasteiger partial charge in [0.2, 0.25) is 0 Å². The van der Waals surface area contributed by atoms with Crippen molar-refractivity contribution < 1.29 is 58.5 Å². The lowest BCUT2D eigenvalue weighted by Gasteiger charge is -2.29. The summed E-state index contributed by atoms with van der Waals surface area (Å²) in [5.74, 6) is -10.3. The maximum absolute atomic E-state index is 15.2. The van der Waals surface area contributed by atoms with E-state index in [9.17, 15) is 35.1 Å². The second-order valence-corrected chi connectivity index (χ2v) is 10.3. The molecule has 4 aromatic carbocycles. The first-order chi connectivity index (χ1) is 21.9. The Hall–Kier alpha value is -4.49. The normalized spacial score (nSPS) is 16.7. The van der Waals surface area contributed by atoms with Gasteiger partial charge in [0.15, 0.2) is 29.9 Å². The molecule has 1 saturated heterocycles. The first kappa shape index (κ1) is 32.9. The molecule has 0 N–H and O–H groups in total. The first-order valence-electron chi connectivity index (χ1n) is 13.7. The van der Waals surface area contributed by atoms with Gasteiger partial charge in [-0.05, 0) is 41.3 Å². The van der Waals surface area contributed by atoms with Crippen molar-refractivity contribution in [3.8, 4) is 33.8 Å². The largest absolute Gasteiger partial charge is 0.453 e. The van der Waals surface area contributed by atoms with Gasteiger partial charge in [-0.25, -0.2) is 22.0 Å². The topological polar surface area (TPSA) is 36.9 Å². The Morgan fingerprint density at radius 3 is 1.87 bits per heavy atom. The highest BCUT2D eigenvalue weighted by Crippen LogP contribution is 2.39. The minimum Gasteiger partial charge on any atom is -0.453 e. The summed E-state index contributed by atoms with van der Waals surface area (Å²) in [6.45, 7) is 3.18. The molecule has 1 heterocycles. The van der Waals surface area contributed by atoms with E-state index < -0.39 is 70.2 Å². The Bertz CT molecular complexity index is 1700. The number of hydrogen-bond donors (Lipinski definition) is 0. The van der Waals surface area contributed by atoms with Crippen molar-refractivity contribution >= 4 is 0 Å². The Morgan fingerprint density at radius 2 is 1.33 bits per heavy atom. The van der Waals surface area contributed by atoms with Gasteiger partial charge in [-0.2, -0.15) is 17.6 Å². The molecule has 0 aromatic heterocycles. The van der Waals surface area contributed by atoms with Gasteiger partial charge in [-0.15, -0.1) is 0 Å².